The third-order valence-electron chi connectivity index (χ3n) is 3.13. The Morgan fingerprint density at radius 2 is 1.67 bits per heavy atom. The number of hydrogen-bond donors (Lipinski definition) is 0. The molecule has 0 amide bonds. The van der Waals surface area contributed by atoms with Crippen molar-refractivity contribution in [3.8, 4) is 5.75 Å². The van der Waals surface area contributed by atoms with Gasteiger partial charge in [-0.1, -0.05) is 30.3 Å². The molecular weight excluding hydrogens is 274 g/mol. The monoisotopic (exact) mass is 294 g/mol. The summed E-state index contributed by atoms with van der Waals surface area (Å²) in [7, 11) is 0.152. The molecule has 0 spiro atoms. The Morgan fingerprint density at radius 3 is 2.19 bits per heavy atom. The van der Waals surface area contributed by atoms with Gasteiger partial charge in [0.25, 0.3) is 0 Å². The predicted molar refractivity (Wildman–Crippen MR) is 86.9 cm³/mol. The van der Waals surface area contributed by atoms with Gasteiger partial charge in [-0.2, -0.15) is 0 Å². The standard InChI is InChI=1S/C17H19O2P.Li.H/c1-4-19-14-8-10-15(11-9-14)20-17(18)16-12(2)6-5-7-13(16)3;;/h5-11,20H,4H2,1-3H3;;/q;+1;-1. The Labute approximate surface area is 141 Å². The molecule has 0 aliphatic carbocycles. The first-order chi connectivity index (χ1) is 9.61. The van der Waals surface area contributed by atoms with E-state index in [1.165, 1.54) is 0 Å². The second-order valence-corrected chi connectivity index (χ2v) is 5.96. The Morgan fingerprint density at radius 1 is 1.10 bits per heavy atom. The van der Waals surface area contributed by atoms with Crippen molar-refractivity contribution >= 4 is 19.4 Å². The fourth-order valence-corrected chi connectivity index (χ4v) is 3.28. The van der Waals surface area contributed by atoms with E-state index >= 15 is 0 Å². The molecule has 0 N–H and O–H groups in total. The summed E-state index contributed by atoms with van der Waals surface area (Å²) in [4.78, 5) is 12.4. The van der Waals surface area contributed by atoms with E-state index in [1.54, 1.807) is 0 Å². The summed E-state index contributed by atoms with van der Waals surface area (Å²) < 4.78 is 5.41. The SMILES string of the molecule is CCOc1ccc(PC(=O)c2c(C)cccc2C)cc1.[H-].[Li+]. The first-order valence-corrected chi connectivity index (χ1v) is 7.72. The minimum atomic E-state index is 0. The number of ether oxygens (including phenoxy) is 1. The van der Waals surface area contributed by atoms with E-state index < -0.39 is 0 Å². The summed E-state index contributed by atoms with van der Waals surface area (Å²) in [5, 5.41) is 1.04. The predicted octanol–water partition coefficient (Wildman–Crippen LogP) is 0.963. The molecule has 0 aliphatic heterocycles. The maximum Gasteiger partial charge on any atom is 1.00 e. The van der Waals surface area contributed by atoms with Gasteiger partial charge in [-0.3, -0.25) is 4.79 Å². The number of carbonyl (C=O) groups excluding carboxylic acids is 1. The second kappa shape index (κ2) is 8.40. The number of benzene rings is 2. The van der Waals surface area contributed by atoms with Crippen LogP contribution in [0.3, 0.4) is 0 Å². The zero-order valence-electron chi connectivity index (χ0n) is 14.1. The molecule has 0 saturated carbocycles. The molecule has 2 rings (SSSR count). The summed E-state index contributed by atoms with van der Waals surface area (Å²) in [6.07, 6.45) is 0. The molecule has 21 heavy (non-hydrogen) atoms. The molecule has 0 fully saturated rings. The van der Waals surface area contributed by atoms with Gasteiger partial charge in [0.05, 0.1) is 6.61 Å². The second-order valence-electron chi connectivity index (χ2n) is 4.68. The molecule has 2 nitrogen and oxygen atoms in total. The summed E-state index contributed by atoms with van der Waals surface area (Å²) in [5.74, 6) is 0.848. The van der Waals surface area contributed by atoms with Crippen molar-refractivity contribution in [2.75, 3.05) is 6.61 Å². The van der Waals surface area contributed by atoms with Gasteiger partial charge in [-0.05, 0) is 57.9 Å². The Bertz CT molecular complexity index is 594. The summed E-state index contributed by atoms with van der Waals surface area (Å²) in [6.45, 7) is 6.59. The fraction of sp³-hybridized carbons (Fsp3) is 0.235. The third kappa shape index (κ3) is 4.72. The van der Waals surface area contributed by atoms with Crippen LogP contribution in [0.2, 0.25) is 0 Å². The van der Waals surface area contributed by atoms with Gasteiger partial charge in [-0.25, -0.2) is 0 Å². The molecule has 106 valence electrons. The Hall–Kier alpha value is -1.06. The largest absolute Gasteiger partial charge is 1.00 e. The van der Waals surface area contributed by atoms with Crippen molar-refractivity contribution in [2.24, 2.45) is 0 Å². The Kier molecular flexibility index (Phi) is 7.19. The van der Waals surface area contributed by atoms with Gasteiger partial charge in [-0.15, -0.1) is 0 Å². The quantitative estimate of drug-likeness (QED) is 0.606. The number of carbonyl (C=O) groups is 1. The van der Waals surface area contributed by atoms with Crippen molar-refractivity contribution in [3.05, 3.63) is 59.2 Å². The third-order valence-corrected chi connectivity index (χ3v) is 4.23. The molecule has 2 aromatic carbocycles. The van der Waals surface area contributed by atoms with E-state index in [4.69, 9.17) is 4.74 Å². The number of hydrogen-bond acceptors (Lipinski definition) is 2. The minimum absolute atomic E-state index is 0. The van der Waals surface area contributed by atoms with Crippen LogP contribution < -0.4 is 28.9 Å². The van der Waals surface area contributed by atoms with E-state index in [2.05, 4.69) is 0 Å². The van der Waals surface area contributed by atoms with Gasteiger partial charge in [0, 0.05) is 5.56 Å². The van der Waals surface area contributed by atoms with Crippen LogP contribution in [0.25, 0.3) is 0 Å². The van der Waals surface area contributed by atoms with Crippen LogP contribution in [0.5, 0.6) is 5.75 Å². The molecular formula is C17H20LiO2P. The van der Waals surface area contributed by atoms with Crippen LogP contribution in [0.1, 0.15) is 29.8 Å². The molecule has 2 aromatic rings. The molecule has 4 heteroatoms. The van der Waals surface area contributed by atoms with Gasteiger partial charge >= 0.3 is 18.9 Å². The average Bonchev–Trinajstić information content (AvgIpc) is 2.41. The van der Waals surface area contributed by atoms with Crippen molar-refractivity contribution in [1.82, 2.24) is 0 Å². The van der Waals surface area contributed by atoms with Gasteiger partial charge in [0.15, 0.2) is 5.52 Å². The van der Waals surface area contributed by atoms with Crippen molar-refractivity contribution in [2.45, 2.75) is 20.8 Å². The van der Waals surface area contributed by atoms with Crippen LogP contribution in [0.15, 0.2) is 42.5 Å². The maximum atomic E-state index is 12.4. The van der Waals surface area contributed by atoms with Crippen molar-refractivity contribution in [3.63, 3.8) is 0 Å². The van der Waals surface area contributed by atoms with Crippen LogP contribution in [-0.2, 0) is 0 Å². The summed E-state index contributed by atoms with van der Waals surface area (Å²) in [6, 6.07) is 13.7. The van der Waals surface area contributed by atoms with Gasteiger partial charge in [0.2, 0.25) is 0 Å². The number of rotatable bonds is 5. The van der Waals surface area contributed by atoms with E-state index in [-0.39, 0.29) is 34.4 Å². The molecule has 1 unspecified atom stereocenters. The molecule has 0 aliphatic rings. The average molecular weight is 294 g/mol. The molecule has 0 heterocycles. The van der Waals surface area contributed by atoms with E-state index in [0.29, 0.717) is 6.61 Å². The van der Waals surface area contributed by atoms with Gasteiger partial charge in [0.1, 0.15) is 5.75 Å². The Balaban J connectivity index is 0.00000220. The zero-order chi connectivity index (χ0) is 14.5. The van der Waals surface area contributed by atoms with Crippen molar-refractivity contribution < 1.29 is 29.8 Å². The zero-order valence-corrected chi connectivity index (χ0v) is 14.1. The smallest absolute Gasteiger partial charge is 1.00 e. The topological polar surface area (TPSA) is 26.3 Å². The fourth-order valence-electron chi connectivity index (χ4n) is 2.17. The van der Waals surface area contributed by atoms with E-state index in [1.807, 2.05) is 63.2 Å². The van der Waals surface area contributed by atoms with Crippen LogP contribution in [0, 0.1) is 13.8 Å². The normalized spacial score (nSPS) is 10.4. The van der Waals surface area contributed by atoms with E-state index in [0.717, 1.165) is 27.7 Å². The molecule has 0 radical (unpaired) electrons. The van der Waals surface area contributed by atoms with Gasteiger partial charge < -0.3 is 6.16 Å². The van der Waals surface area contributed by atoms with Crippen molar-refractivity contribution in [1.29, 1.82) is 0 Å². The molecule has 0 bridgehead atoms. The molecule has 1 atom stereocenters. The van der Waals surface area contributed by atoms with Crippen LogP contribution in [-0.4, -0.2) is 12.1 Å². The van der Waals surface area contributed by atoms with Crippen LogP contribution in [0.4, 0.5) is 0 Å². The van der Waals surface area contributed by atoms with E-state index in [9.17, 15) is 4.79 Å². The first-order valence-electron chi connectivity index (χ1n) is 6.72. The molecule has 0 saturated heterocycles. The summed E-state index contributed by atoms with van der Waals surface area (Å²) >= 11 is 0. The summed E-state index contributed by atoms with van der Waals surface area (Å²) in [5.41, 5.74) is 3.16. The first kappa shape index (κ1) is 18.0. The number of aryl methyl sites for hydroxylation is 2. The minimum Gasteiger partial charge on any atom is -1.00 e. The van der Waals surface area contributed by atoms with Crippen LogP contribution >= 0.6 is 8.58 Å². The molecule has 0 aromatic heterocycles. The maximum absolute atomic E-state index is 12.4.